The SMILES string of the molecule is O=[P+](S)S.OCCO. The van der Waals surface area contributed by atoms with Crippen LogP contribution in [0.25, 0.3) is 0 Å². The van der Waals surface area contributed by atoms with Crippen LogP contribution >= 0.6 is 30.7 Å². The zero-order valence-corrected chi connectivity index (χ0v) is 6.74. The average molecular weight is 175 g/mol. The summed E-state index contributed by atoms with van der Waals surface area (Å²) < 4.78 is 9.32. The molecule has 0 bridgehead atoms. The zero-order valence-electron chi connectivity index (χ0n) is 4.06. The van der Waals surface area contributed by atoms with Crippen LogP contribution in [0.15, 0.2) is 0 Å². The van der Waals surface area contributed by atoms with Crippen LogP contribution in [0.3, 0.4) is 0 Å². The van der Waals surface area contributed by atoms with Crippen molar-refractivity contribution in [2.75, 3.05) is 13.2 Å². The molecular weight excluding hydrogens is 167 g/mol. The van der Waals surface area contributed by atoms with Crippen LogP contribution in [0.4, 0.5) is 0 Å². The lowest BCUT2D eigenvalue weighted by Gasteiger charge is -1.70. The molecule has 0 saturated heterocycles. The number of rotatable bonds is 1. The van der Waals surface area contributed by atoms with Gasteiger partial charge in [-0.1, -0.05) is 0 Å². The topological polar surface area (TPSA) is 57.5 Å². The number of aliphatic hydroxyl groups is 2. The minimum absolute atomic E-state index is 0.125. The quantitative estimate of drug-likeness (QED) is 0.346. The van der Waals surface area contributed by atoms with Gasteiger partial charge < -0.3 is 10.2 Å². The Bertz CT molecular complexity index is 53.2. The van der Waals surface area contributed by atoms with Crippen molar-refractivity contribution in [1.29, 1.82) is 0 Å². The second-order valence-electron chi connectivity index (χ2n) is 0.700. The molecule has 0 radical (unpaired) electrons. The van der Waals surface area contributed by atoms with Crippen molar-refractivity contribution in [1.82, 2.24) is 0 Å². The molecule has 0 atom stereocenters. The van der Waals surface area contributed by atoms with Crippen LogP contribution in [0, 0.1) is 0 Å². The van der Waals surface area contributed by atoms with Crippen molar-refractivity contribution in [3.63, 3.8) is 0 Å². The van der Waals surface area contributed by atoms with Gasteiger partial charge in [-0.05, 0) is 4.57 Å². The van der Waals surface area contributed by atoms with E-state index in [-0.39, 0.29) is 13.2 Å². The number of thiol groups is 2. The van der Waals surface area contributed by atoms with Crippen LogP contribution in [0.5, 0.6) is 0 Å². The highest BCUT2D eigenvalue weighted by Crippen LogP contribution is 2.29. The minimum atomic E-state index is -1.48. The Kier molecular flexibility index (Phi) is 15.3. The Labute approximate surface area is 59.2 Å². The molecule has 0 rings (SSSR count). The lowest BCUT2D eigenvalue weighted by molar-refractivity contribution is 0.186. The summed E-state index contributed by atoms with van der Waals surface area (Å²) in [6, 6.07) is 0. The van der Waals surface area contributed by atoms with Gasteiger partial charge in [0.1, 0.15) is 24.5 Å². The standard InChI is InChI=1S/C2H6O2.HOPS2/c3-1-2-4;1-2(3)4/h3-4H,1-2H2;(H-,1,3,4)/p+1. The number of aliphatic hydroxyl groups excluding tert-OH is 2. The van der Waals surface area contributed by atoms with E-state index in [1.807, 2.05) is 0 Å². The average Bonchev–Trinajstić information content (AvgIpc) is 1.65. The van der Waals surface area contributed by atoms with Crippen molar-refractivity contribution >= 4 is 30.7 Å². The summed E-state index contributed by atoms with van der Waals surface area (Å²) in [5.41, 5.74) is 0. The van der Waals surface area contributed by atoms with Crippen LogP contribution in [0.1, 0.15) is 0 Å². The maximum atomic E-state index is 9.32. The van der Waals surface area contributed by atoms with Crippen molar-refractivity contribution in [2.45, 2.75) is 0 Å². The molecule has 0 unspecified atom stereocenters. The molecule has 0 aliphatic heterocycles. The third-order valence-electron chi connectivity index (χ3n) is 0.1000. The fourth-order valence-electron chi connectivity index (χ4n) is 0. The van der Waals surface area contributed by atoms with E-state index in [1.165, 1.54) is 0 Å². The van der Waals surface area contributed by atoms with Gasteiger partial charge >= 0.3 is 6.20 Å². The van der Waals surface area contributed by atoms with Gasteiger partial charge in [0.2, 0.25) is 0 Å². The summed E-state index contributed by atoms with van der Waals surface area (Å²) in [5.74, 6) is 0. The van der Waals surface area contributed by atoms with E-state index in [0.29, 0.717) is 0 Å². The van der Waals surface area contributed by atoms with E-state index >= 15 is 0 Å². The Morgan fingerprint density at radius 2 is 1.38 bits per heavy atom. The summed E-state index contributed by atoms with van der Waals surface area (Å²) in [7, 11) is 0. The summed E-state index contributed by atoms with van der Waals surface area (Å²) in [6.45, 7) is -0.250. The first-order valence-corrected chi connectivity index (χ1v) is 5.28. The Balaban J connectivity index is 0. The van der Waals surface area contributed by atoms with Gasteiger partial charge in [-0.25, -0.2) is 0 Å². The van der Waals surface area contributed by atoms with E-state index in [0.717, 1.165) is 0 Å². The first kappa shape index (κ1) is 11.5. The van der Waals surface area contributed by atoms with Gasteiger partial charge in [-0.15, -0.1) is 0 Å². The number of hydrogen-bond acceptors (Lipinski definition) is 3. The summed E-state index contributed by atoms with van der Waals surface area (Å²) in [5, 5.41) is 15.2. The van der Waals surface area contributed by atoms with Gasteiger partial charge in [0.15, 0.2) is 0 Å². The van der Waals surface area contributed by atoms with Crippen molar-refractivity contribution in [3.8, 4) is 0 Å². The maximum Gasteiger partial charge on any atom is 0.477 e. The Morgan fingerprint density at radius 1 is 1.25 bits per heavy atom. The van der Waals surface area contributed by atoms with Crippen LogP contribution in [-0.2, 0) is 4.57 Å². The molecule has 0 aliphatic carbocycles. The monoisotopic (exact) mass is 175 g/mol. The second-order valence-corrected chi connectivity index (χ2v) is 4.33. The lowest BCUT2D eigenvalue weighted by Crippen LogP contribution is -1.85. The maximum absolute atomic E-state index is 9.32. The van der Waals surface area contributed by atoms with E-state index in [1.54, 1.807) is 0 Å². The molecule has 2 N–H and O–H groups in total. The highest BCUT2D eigenvalue weighted by Gasteiger charge is 1.88. The van der Waals surface area contributed by atoms with Gasteiger partial charge in [0.25, 0.3) is 0 Å². The van der Waals surface area contributed by atoms with Crippen LogP contribution in [-0.4, -0.2) is 23.4 Å². The predicted molar refractivity (Wildman–Crippen MR) is 39.8 cm³/mol. The molecule has 0 amide bonds. The van der Waals surface area contributed by atoms with E-state index < -0.39 is 6.20 Å². The molecule has 0 aromatic carbocycles. The van der Waals surface area contributed by atoms with E-state index in [9.17, 15) is 4.57 Å². The smallest absolute Gasteiger partial charge is 0.394 e. The Morgan fingerprint density at radius 3 is 1.38 bits per heavy atom. The van der Waals surface area contributed by atoms with E-state index in [2.05, 4.69) is 24.5 Å². The Hall–Kier alpha value is 0.720. The van der Waals surface area contributed by atoms with Crippen LogP contribution < -0.4 is 0 Å². The fraction of sp³-hybridized carbons (Fsp3) is 1.00. The molecule has 6 heteroatoms. The first-order valence-electron chi connectivity index (χ1n) is 1.72. The molecule has 0 aromatic heterocycles. The van der Waals surface area contributed by atoms with Crippen molar-refractivity contribution in [2.24, 2.45) is 0 Å². The lowest BCUT2D eigenvalue weighted by atomic mass is 10.8. The predicted octanol–water partition coefficient (Wildman–Crippen LogP) is 0.474. The van der Waals surface area contributed by atoms with E-state index in [4.69, 9.17) is 10.2 Å². The summed E-state index contributed by atoms with van der Waals surface area (Å²) in [4.78, 5) is 0. The van der Waals surface area contributed by atoms with Gasteiger partial charge in [-0.3, -0.25) is 0 Å². The molecule has 0 fully saturated rings. The van der Waals surface area contributed by atoms with Crippen molar-refractivity contribution < 1.29 is 14.8 Å². The fourth-order valence-corrected chi connectivity index (χ4v) is 0. The molecular formula is C2H8O3PS2+. The zero-order chi connectivity index (χ0) is 6.99. The molecule has 50 valence electrons. The molecule has 0 aromatic rings. The number of hydrogen-bond donors (Lipinski definition) is 4. The third-order valence-corrected chi connectivity index (χ3v) is 0.1000. The minimum Gasteiger partial charge on any atom is -0.394 e. The summed E-state index contributed by atoms with van der Waals surface area (Å²) >= 11 is 6.68. The van der Waals surface area contributed by atoms with Crippen LogP contribution in [0.2, 0.25) is 0 Å². The largest absolute Gasteiger partial charge is 0.477 e. The van der Waals surface area contributed by atoms with Gasteiger partial charge in [0, 0.05) is 0 Å². The molecule has 0 saturated carbocycles. The normalized spacial score (nSPS) is 7.00. The highest BCUT2D eigenvalue weighted by atomic mass is 33.0. The van der Waals surface area contributed by atoms with Crippen molar-refractivity contribution in [3.05, 3.63) is 0 Å². The summed E-state index contributed by atoms with van der Waals surface area (Å²) in [6.07, 6.45) is -1.48. The second kappa shape index (κ2) is 10.7. The highest BCUT2D eigenvalue weighted by molar-refractivity contribution is 8.73. The van der Waals surface area contributed by atoms with Gasteiger partial charge in [0.05, 0.1) is 13.2 Å². The molecule has 8 heavy (non-hydrogen) atoms. The third kappa shape index (κ3) is 74.3. The molecule has 0 aliphatic rings. The first-order chi connectivity index (χ1) is 3.65. The molecule has 0 spiro atoms. The molecule has 0 heterocycles. The van der Waals surface area contributed by atoms with Gasteiger partial charge in [-0.2, -0.15) is 0 Å². The molecule has 3 nitrogen and oxygen atoms in total.